The number of carbonyl (C=O) groups excluding carboxylic acids is 2. The van der Waals surface area contributed by atoms with E-state index in [0.717, 1.165) is 34.7 Å². The maximum atomic E-state index is 12.7. The van der Waals surface area contributed by atoms with Gasteiger partial charge in [-0.25, -0.2) is 4.79 Å². The van der Waals surface area contributed by atoms with Gasteiger partial charge in [0.05, 0.1) is 12.1 Å². The Bertz CT molecular complexity index is 1080. The number of halogens is 1. The second-order valence-corrected chi connectivity index (χ2v) is 8.51. The van der Waals surface area contributed by atoms with Gasteiger partial charge in [-0.15, -0.1) is 0 Å². The fraction of sp³-hybridized carbons (Fsp3) is 0.308. The number of hydrogen-bond acceptors (Lipinski definition) is 3. The van der Waals surface area contributed by atoms with Gasteiger partial charge >= 0.3 is 11.5 Å². The van der Waals surface area contributed by atoms with Crippen molar-refractivity contribution >= 4 is 33.8 Å². The van der Waals surface area contributed by atoms with E-state index in [-0.39, 0.29) is 24.8 Å². The molecule has 0 radical (unpaired) electrons. The summed E-state index contributed by atoms with van der Waals surface area (Å²) in [6, 6.07) is 23.4. The normalized spacial score (nSPS) is 17.1. The first-order valence-electron chi connectivity index (χ1n) is 11.0. The number of fused-ring (bicyclic) bond motifs is 1. The first-order valence-corrected chi connectivity index (χ1v) is 11.3. The zero-order valence-corrected chi connectivity index (χ0v) is 18.9. The topological polar surface area (TPSA) is 49.9 Å². The van der Waals surface area contributed by atoms with Crippen molar-refractivity contribution in [3.8, 4) is 0 Å². The van der Waals surface area contributed by atoms with Gasteiger partial charge in [0.1, 0.15) is 6.61 Å². The highest BCUT2D eigenvalue weighted by Crippen LogP contribution is 2.32. The van der Waals surface area contributed by atoms with Crippen LogP contribution in [0.25, 0.3) is 10.8 Å². The molecule has 4 rings (SSSR count). The third-order valence-corrected chi connectivity index (χ3v) is 6.34. The summed E-state index contributed by atoms with van der Waals surface area (Å²) in [7, 11) is 0. The van der Waals surface area contributed by atoms with E-state index in [1.165, 1.54) is 0 Å². The van der Waals surface area contributed by atoms with Crippen molar-refractivity contribution in [1.82, 2.24) is 9.80 Å². The van der Waals surface area contributed by atoms with Crippen molar-refractivity contribution in [2.24, 2.45) is 0 Å². The van der Waals surface area contributed by atoms with Gasteiger partial charge in [0, 0.05) is 13.1 Å². The number of benzene rings is 3. The minimum Gasteiger partial charge on any atom is -0.445 e. The summed E-state index contributed by atoms with van der Waals surface area (Å²) in [6.45, 7) is 3.23. The van der Waals surface area contributed by atoms with E-state index in [1.54, 1.807) is 9.80 Å². The Labute approximate surface area is 193 Å². The molecule has 1 aliphatic rings. The largest absolute Gasteiger partial charge is 0.445 e. The lowest BCUT2D eigenvalue weighted by atomic mass is 9.96. The monoisotopic (exact) mass is 450 g/mol. The fourth-order valence-corrected chi connectivity index (χ4v) is 4.82. The van der Waals surface area contributed by atoms with Crippen molar-refractivity contribution < 1.29 is 14.3 Å². The molecule has 5 nitrogen and oxygen atoms in total. The minimum absolute atomic E-state index is 0.174. The maximum absolute atomic E-state index is 12.7. The van der Waals surface area contributed by atoms with Crippen LogP contribution in [0, 0.1) is 0 Å². The number of carbonyl (C=O) groups is 2. The summed E-state index contributed by atoms with van der Waals surface area (Å²) >= 11 is 6.09. The van der Waals surface area contributed by atoms with Gasteiger partial charge in [-0.05, 0) is 53.3 Å². The van der Waals surface area contributed by atoms with Crippen LogP contribution in [0.3, 0.4) is 0 Å². The molecular weight excluding hydrogens is 424 g/mol. The van der Waals surface area contributed by atoms with E-state index < -0.39 is 5.37 Å². The lowest BCUT2D eigenvalue weighted by Crippen LogP contribution is -2.51. The minimum atomic E-state index is -0.505. The Hall–Kier alpha value is -3.05. The Morgan fingerprint density at radius 1 is 1.06 bits per heavy atom. The van der Waals surface area contributed by atoms with E-state index in [0.29, 0.717) is 13.1 Å². The summed E-state index contributed by atoms with van der Waals surface area (Å²) in [4.78, 5) is 28.6. The number of rotatable bonds is 5. The molecule has 1 aliphatic heterocycles. The van der Waals surface area contributed by atoms with Crippen molar-refractivity contribution in [1.29, 1.82) is 0 Å². The lowest BCUT2D eigenvalue weighted by molar-refractivity contribution is 0.0636. The number of piperidine rings is 1. The molecule has 2 amide bonds. The molecule has 0 bridgehead atoms. The highest BCUT2D eigenvalue weighted by atomic mass is 35.5. The molecule has 0 spiro atoms. The molecule has 0 N–H and O–H groups in total. The molecule has 3 aromatic carbocycles. The molecule has 0 aromatic heterocycles. The van der Waals surface area contributed by atoms with Gasteiger partial charge in [0.25, 0.3) is 0 Å². The molecule has 1 heterocycles. The molecule has 0 aliphatic carbocycles. The van der Waals surface area contributed by atoms with Crippen LogP contribution in [-0.2, 0) is 11.3 Å². The third-order valence-electron chi connectivity index (χ3n) is 6.15. The molecule has 1 saturated heterocycles. The predicted octanol–water partition coefficient (Wildman–Crippen LogP) is 6.36. The molecule has 166 valence electrons. The van der Waals surface area contributed by atoms with Crippen LogP contribution in [0.4, 0.5) is 9.59 Å². The number of amides is 2. The summed E-state index contributed by atoms with van der Waals surface area (Å²) in [6.07, 6.45) is 1.21. The van der Waals surface area contributed by atoms with Gasteiger partial charge < -0.3 is 14.5 Å². The number of ether oxygens (including phenoxy) is 1. The van der Waals surface area contributed by atoms with Gasteiger partial charge in [-0.2, -0.15) is 0 Å². The first-order chi connectivity index (χ1) is 15.5. The number of hydrogen-bond donors (Lipinski definition) is 0. The lowest BCUT2D eigenvalue weighted by Gasteiger charge is -2.41. The van der Waals surface area contributed by atoms with Crippen LogP contribution in [0.15, 0.2) is 72.8 Å². The van der Waals surface area contributed by atoms with E-state index in [9.17, 15) is 9.59 Å². The molecule has 0 unspecified atom stereocenters. The smallest absolute Gasteiger partial charge is 0.410 e. The third kappa shape index (κ3) is 4.89. The summed E-state index contributed by atoms with van der Waals surface area (Å²) in [5.74, 6) is 0. The average molecular weight is 451 g/mol. The highest BCUT2D eigenvalue weighted by molar-refractivity contribution is 6.62. The number of nitrogens with zero attached hydrogens (tertiary/aromatic N) is 2. The number of likely N-dealkylation sites (tertiary alicyclic amines) is 1. The van der Waals surface area contributed by atoms with E-state index in [1.807, 2.05) is 61.5 Å². The zero-order valence-electron chi connectivity index (χ0n) is 18.1. The van der Waals surface area contributed by atoms with Gasteiger partial charge in [-0.1, -0.05) is 72.8 Å². The van der Waals surface area contributed by atoms with Crippen LogP contribution in [-0.4, -0.2) is 40.4 Å². The maximum Gasteiger partial charge on any atom is 0.410 e. The molecule has 3 aromatic rings. The molecule has 32 heavy (non-hydrogen) atoms. The summed E-state index contributed by atoms with van der Waals surface area (Å²) < 4.78 is 5.51. The van der Waals surface area contributed by atoms with Crippen molar-refractivity contribution in [3.05, 3.63) is 83.9 Å². The predicted molar refractivity (Wildman–Crippen MR) is 127 cm³/mol. The SMILES string of the molecule is C[C@H](c1cccc2ccccc12)N(C(=O)Cl)[C@H]1CCCN(C(=O)OCc2ccccc2)C1. The van der Waals surface area contributed by atoms with Crippen molar-refractivity contribution in [2.75, 3.05) is 13.1 Å². The quantitative estimate of drug-likeness (QED) is 0.335. The summed E-state index contributed by atoms with van der Waals surface area (Å²) in [5, 5.41) is 1.71. The Kier molecular flexibility index (Phi) is 6.96. The molecule has 0 saturated carbocycles. The van der Waals surface area contributed by atoms with Crippen molar-refractivity contribution in [2.45, 2.75) is 38.5 Å². The Morgan fingerprint density at radius 2 is 1.78 bits per heavy atom. The zero-order chi connectivity index (χ0) is 22.5. The van der Waals surface area contributed by atoms with E-state index in [2.05, 4.69) is 18.2 Å². The van der Waals surface area contributed by atoms with Gasteiger partial charge in [-0.3, -0.25) is 4.79 Å². The van der Waals surface area contributed by atoms with Crippen LogP contribution in [0.5, 0.6) is 0 Å². The van der Waals surface area contributed by atoms with Gasteiger partial charge in [0.2, 0.25) is 0 Å². The molecular formula is C26H27ClN2O3. The van der Waals surface area contributed by atoms with Crippen LogP contribution in [0.2, 0.25) is 0 Å². The average Bonchev–Trinajstić information content (AvgIpc) is 2.83. The Balaban J connectivity index is 1.49. The van der Waals surface area contributed by atoms with Crippen LogP contribution in [0.1, 0.15) is 36.9 Å². The van der Waals surface area contributed by atoms with Crippen molar-refractivity contribution in [3.63, 3.8) is 0 Å². The fourth-order valence-electron chi connectivity index (χ4n) is 4.53. The second kappa shape index (κ2) is 10.0. The van der Waals surface area contributed by atoms with Crippen LogP contribution < -0.4 is 0 Å². The first kappa shape index (κ1) is 22.2. The molecule has 6 heteroatoms. The summed E-state index contributed by atoms with van der Waals surface area (Å²) in [5.41, 5.74) is 1.98. The van der Waals surface area contributed by atoms with E-state index >= 15 is 0 Å². The molecule has 2 atom stereocenters. The van der Waals surface area contributed by atoms with Crippen LogP contribution >= 0.6 is 11.6 Å². The van der Waals surface area contributed by atoms with E-state index in [4.69, 9.17) is 16.3 Å². The Morgan fingerprint density at radius 3 is 2.56 bits per heavy atom. The molecule has 1 fully saturated rings. The van der Waals surface area contributed by atoms with Gasteiger partial charge in [0.15, 0.2) is 0 Å². The highest BCUT2D eigenvalue weighted by Gasteiger charge is 2.34. The standard InChI is InChI=1S/C26H27ClN2O3/c1-19(23-15-7-12-21-11-5-6-14-24(21)23)29(25(27)30)22-13-8-16-28(17-22)26(31)32-18-20-9-3-2-4-10-20/h2-7,9-12,14-15,19,22H,8,13,16-18H2,1H3/t19-,22+/m1/s1. The second-order valence-electron chi connectivity index (χ2n) is 8.19.